The Hall–Kier alpha value is -0.843. The molecule has 2 saturated heterocycles. The molecule has 4 aliphatic rings. The van der Waals surface area contributed by atoms with Gasteiger partial charge >= 0.3 is 0 Å². The Kier molecular flexibility index (Phi) is 9.03. The van der Waals surface area contributed by atoms with Crippen LogP contribution in [0.5, 0.6) is 0 Å². The molecule has 2 unspecified atom stereocenters. The molecule has 2 aromatic rings. The van der Waals surface area contributed by atoms with Gasteiger partial charge < -0.3 is 18.6 Å². The number of ether oxygens (including phenoxy) is 3. The summed E-state index contributed by atoms with van der Waals surface area (Å²) in [6.07, 6.45) is 4.67. The average Bonchev–Trinajstić information content (AvgIpc) is 3.28. The summed E-state index contributed by atoms with van der Waals surface area (Å²) in [6.45, 7) is 26.5. The van der Waals surface area contributed by atoms with E-state index in [1.165, 1.54) is 39.2 Å². The lowest BCUT2D eigenvalue weighted by molar-refractivity contribution is -0.113. The van der Waals surface area contributed by atoms with Gasteiger partial charge in [0.05, 0.1) is 22.3 Å². The Morgan fingerprint density at radius 2 is 1.60 bits per heavy atom. The van der Waals surface area contributed by atoms with Gasteiger partial charge in [-0.3, -0.25) is 4.98 Å². The number of alkyl halides is 1. The van der Waals surface area contributed by atoms with Crippen LogP contribution in [0.25, 0.3) is 0 Å². The van der Waals surface area contributed by atoms with Crippen LogP contribution in [0.2, 0.25) is 18.1 Å². The second kappa shape index (κ2) is 11.9. The van der Waals surface area contributed by atoms with E-state index in [1.807, 2.05) is 0 Å². The molecular formula is C38H56INO4Si. The molecule has 0 radical (unpaired) electrons. The topological polar surface area (TPSA) is 49.8 Å². The number of hydrogen-bond donors (Lipinski definition) is 0. The van der Waals surface area contributed by atoms with Crippen LogP contribution in [0, 0.1) is 5.41 Å². The van der Waals surface area contributed by atoms with Crippen molar-refractivity contribution in [2.24, 2.45) is 5.41 Å². The molecule has 7 heteroatoms. The maximum Gasteiger partial charge on any atom is 0.192 e. The number of halogens is 1. The van der Waals surface area contributed by atoms with Crippen LogP contribution < -0.4 is 0 Å². The van der Waals surface area contributed by atoms with E-state index in [4.69, 9.17) is 23.6 Å². The van der Waals surface area contributed by atoms with Crippen LogP contribution in [0.1, 0.15) is 138 Å². The van der Waals surface area contributed by atoms with Crippen LogP contribution in [-0.4, -0.2) is 43.7 Å². The van der Waals surface area contributed by atoms with Gasteiger partial charge in [0.15, 0.2) is 8.32 Å². The molecule has 3 aliphatic heterocycles. The lowest BCUT2D eigenvalue weighted by atomic mass is 9.69. The molecule has 1 spiro atoms. The number of rotatable bonds is 4. The van der Waals surface area contributed by atoms with Gasteiger partial charge in [-0.25, -0.2) is 0 Å². The zero-order valence-corrected chi connectivity index (χ0v) is 32.6. The standard InChI is InChI=1S/C38H56INO4Si/c1-35(2,3)26-13-11-25(12-14-26)34-31-32(38(43-34)17-20-42-23-29(38)39)30-27(40-33(31)24-15-18-41-19-16-24)21-37(7,8)22-28(30)44-45(9,10)36(4,5)6/h11-14,24,28-29,34H,15-23H2,1-10H3/t28-,29?,34+,38?/m0/s1. The normalized spacial score (nSPS) is 29.1. The van der Waals surface area contributed by atoms with Gasteiger partial charge in [-0.15, -0.1) is 0 Å². The summed E-state index contributed by atoms with van der Waals surface area (Å²) in [6, 6.07) is 9.24. The van der Waals surface area contributed by atoms with Crippen LogP contribution in [0.4, 0.5) is 0 Å². The van der Waals surface area contributed by atoms with E-state index in [9.17, 15) is 0 Å². The Labute approximate surface area is 287 Å². The first-order chi connectivity index (χ1) is 20.9. The highest BCUT2D eigenvalue weighted by Gasteiger charge is 2.57. The monoisotopic (exact) mass is 745 g/mol. The summed E-state index contributed by atoms with van der Waals surface area (Å²) in [4.78, 5) is 5.75. The number of nitrogens with zero attached hydrogens (tertiary/aromatic N) is 1. The molecule has 248 valence electrons. The van der Waals surface area contributed by atoms with Gasteiger partial charge in [0.25, 0.3) is 0 Å². The van der Waals surface area contributed by atoms with Crippen LogP contribution in [0.15, 0.2) is 24.3 Å². The SMILES string of the molecule is CC1(C)Cc2nc(C3CCOCC3)c3c(c2[C@@H](O[Si](C)(C)C(C)(C)C)C1)C1(CCOCC1I)O[C@@H]3c1ccc(C(C)(C)C)cc1. The second-order valence-electron chi connectivity index (χ2n) is 17.5. The molecule has 1 aromatic carbocycles. The van der Waals surface area contributed by atoms with E-state index in [0.717, 1.165) is 45.3 Å². The molecule has 1 aromatic heterocycles. The van der Waals surface area contributed by atoms with Gasteiger partial charge in [0.2, 0.25) is 0 Å². The highest BCUT2D eigenvalue weighted by molar-refractivity contribution is 14.1. The Bertz CT molecular complexity index is 1400. The minimum atomic E-state index is -2.10. The van der Waals surface area contributed by atoms with Gasteiger partial charge in [0, 0.05) is 54.5 Å². The zero-order chi connectivity index (χ0) is 32.6. The largest absolute Gasteiger partial charge is 0.410 e. The second-order valence-corrected chi connectivity index (χ2v) is 23.8. The fourth-order valence-electron chi connectivity index (χ4n) is 7.77. The summed E-state index contributed by atoms with van der Waals surface area (Å²) in [7, 11) is -2.10. The third kappa shape index (κ3) is 6.25. The maximum absolute atomic E-state index is 7.58. The molecule has 1 aliphatic carbocycles. The molecule has 0 saturated carbocycles. The van der Waals surface area contributed by atoms with Crippen molar-refractivity contribution in [1.29, 1.82) is 0 Å². The molecule has 6 rings (SSSR count). The fourth-order valence-corrected chi connectivity index (χ4v) is 10.1. The minimum Gasteiger partial charge on any atom is -0.410 e. The molecule has 5 nitrogen and oxygen atoms in total. The van der Waals surface area contributed by atoms with Crippen molar-refractivity contribution >= 4 is 30.9 Å². The van der Waals surface area contributed by atoms with E-state index >= 15 is 0 Å². The first-order valence-electron chi connectivity index (χ1n) is 17.3. The van der Waals surface area contributed by atoms with Crippen LogP contribution in [0.3, 0.4) is 0 Å². The number of fused-ring (bicyclic) bond motifs is 4. The number of benzene rings is 1. The van der Waals surface area contributed by atoms with E-state index in [-0.39, 0.29) is 32.0 Å². The third-order valence-corrected chi connectivity index (χ3v) is 17.3. The van der Waals surface area contributed by atoms with Crippen LogP contribution >= 0.6 is 22.6 Å². The highest BCUT2D eigenvalue weighted by Crippen LogP contribution is 2.60. The number of pyridine rings is 1. The average molecular weight is 746 g/mol. The molecule has 0 N–H and O–H groups in total. The minimum absolute atomic E-state index is 0.00330. The summed E-state index contributed by atoms with van der Waals surface area (Å²) >= 11 is 2.63. The van der Waals surface area contributed by atoms with Crippen molar-refractivity contribution in [1.82, 2.24) is 4.98 Å². The first-order valence-corrected chi connectivity index (χ1v) is 21.4. The van der Waals surface area contributed by atoms with Crippen molar-refractivity contribution in [3.05, 3.63) is 63.5 Å². The molecule has 2 fully saturated rings. The van der Waals surface area contributed by atoms with Gasteiger partial charge in [0.1, 0.15) is 11.7 Å². The lowest BCUT2D eigenvalue weighted by Gasteiger charge is -2.47. The van der Waals surface area contributed by atoms with E-state index in [1.54, 1.807) is 0 Å². The quantitative estimate of drug-likeness (QED) is 0.177. The van der Waals surface area contributed by atoms with Crippen molar-refractivity contribution in [3.8, 4) is 0 Å². The zero-order valence-electron chi connectivity index (χ0n) is 29.4. The Morgan fingerprint density at radius 1 is 0.933 bits per heavy atom. The molecule has 45 heavy (non-hydrogen) atoms. The number of aromatic nitrogens is 1. The Morgan fingerprint density at radius 3 is 2.20 bits per heavy atom. The lowest BCUT2D eigenvalue weighted by Crippen LogP contribution is -2.47. The van der Waals surface area contributed by atoms with E-state index < -0.39 is 13.9 Å². The third-order valence-electron chi connectivity index (χ3n) is 11.4. The van der Waals surface area contributed by atoms with Crippen molar-refractivity contribution in [2.75, 3.05) is 26.4 Å². The molecule has 4 atom stereocenters. The van der Waals surface area contributed by atoms with Crippen molar-refractivity contribution in [2.45, 2.75) is 139 Å². The molecule has 0 bridgehead atoms. The summed E-state index contributed by atoms with van der Waals surface area (Å²) < 4.78 is 27.2. The molecule has 0 amide bonds. The summed E-state index contributed by atoms with van der Waals surface area (Å²) in [5.41, 5.74) is 8.91. The van der Waals surface area contributed by atoms with Gasteiger partial charge in [-0.05, 0) is 65.8 Å². The predicted molar refractivity (Wildman–Crippen MR) is 193 cm³/mol. The molecule has 4 heterocycles. The smallest absolute Gasteiger partial charge is 0.192 e. The van der Waals surface area contributed by atoms with E-state index in [0.29, 0.717) is 19.1 Å². The summed E-state index contributed by atoms with van der Waals surface area (Å²) in [5.74, 6) is 0.366. The highest BCUT2D eigenvalue weighted by atomic mass is 127. The molecular weight excluding hydrogens is 689 g/mol. The van der Waals surface area contributed by atoms with Gasteiger partial charge in [-0.1, -0.05) is 102 Å². The van der Waals surface area contributed by atoms with Crippen molar-refractivity contribution in [3.63, 3.8) is 0 Å². The van der Waals surface area contributed by atoms with Crippen LogP contribution in [-0.2, 0) is 36.1 Å². The fraction of sp³-hybridized carbons (Fsp3) is 0.711. The van der Waals surface area contributed by atoms with E-state index in [2.05, 4.69) is 115 Å². The maximum atomic E-state index is 7.58. The van der Waals surface area contributed by atoms with Gasteiger partial charge in [-0.2, -0.15) is 0 Å². The number of hydrogen-bond acceptors (Lipinski definition) is 5. The predicted octanol–water partition coefficient (Wildman–Crippen LogP) is 9.85. The van der Waals surface area contributed by atoms with Crippen molar-refractivity contribution < 1.29 is 18.6 Å². The Balaban J connectivity index is 1.63. The summed E-state index contributed by atoms with van der Waals surface area (Å²) in [5, 5.41) is 0.114. The first kappa shape index (κ1) is 34.0.